The summed E-state index contributed by atoms with van der Waals surface area (Å²) < 4.78 is 0. The Hall–Kier alpha value is -3.62. The lowest BCUT2D eigenvalue weighted by Gasteiger charge is -2.33. The minimum atomic E-state index is -0.534. The predicted octanol–water partition coefficient (Wildman–Crippen LogP) is 3.54. The standard InChI is InChI=1S/C24H29N5O4/c25-23(30)18-8-9-20(27-12-4-1-5-13-27)19(16-18)26-24(31)17-10-14-28(15-11-17)21-6-2-3-7-22(21)29(32)33/h2-3,6-9,16-17H,1,4-5,10-15H2,(H2,25,30)(H,26,31). The number of carbonyl (C=O) groups is 2. The maximum Gasteiger partial charge on any atom is 0.292 e. The maximum absolute atomic E-state index is 13.1. The number of primary amides is 1. The molecular formula is C24H29N5O4. The highest BCUT2D eigenvalue weighted by Gasteiger charge is 2.29. The third kappa shape index (κ3) is 5.08. The van der Waals surface area contributed by atoms with Gasteiger partial charge in [0.05, 0.1) is 16.3 Å². The molecule has 4 rings (SSSR count). The number of para-hydroxylation sites is 2. The highest BCUT2D eigenvalue weighted by Crippen LogP contribution is 2.33. The van der Waals surface area contributed by atoms with Crippen LogP contribution < -0.4 is 20.9 Å². The van der Waals surface area contributed by atoms with Crippen molar-refractivity contribution in [3.8, 4) is 0 Å². The van der Waals surface area contributed by atoms with Crippen molar-refractivity contribution in [3.05, 3.63) is 58.1 Å². The van der Waals surface area contributed by atoms with Crippen LogP contribution in [0.1, 0.15) is 42.5 Å². The summed E-state index contributed by atoms with van der Waals surface area (Å²) in [5, 5.41) is 14.4. The topological polar surface area (TPSA) is 122 Å². The van der Waals surface area contributed by atoms with Crippen LogP contribution in [0.4, 0.5) is 22.7 Å². The van der Waals surface area contributed by atoms with E-state index in [2.05, 4.69) is 10.2 Å². The Bertz CT molecular complexity index is 1040. The molecule has 0 radical (unpaired) electrons. The Morgan fingerprint density at radius 3 is 2.27 bits per heavy atom. The third-order valence-corrected chi connectivity index (χ3v) is 6.52. The van der Waals surface area contributed by atoms with Gasteiger partial charge in [0, 0.05) is 43.7 Å². The normalized spacial score (nSPS) is 17.0. The predicted molar refractivity (Wildman–Crippen MR) is 128 cm³/mol. The van der Waals surface area contributed by atoms with Gasteiger partial charge in [-0.2, -0.15) is 0 Å². The van der Waals surface area contributed by atoms with Crippen LogP contribution >= 0.6 is 0 Å². The van der Waals surface area contributed by atoms with Gasteiger partial charge in [-0.05, 0) is 56.4 Å². The number of hydrogen-bond acceptors (Lipinski definition) is 6. The van der Waals surface area contributed by atoms with Crippen LogP contribution in [0.25, 0.3) is 0 Å². The molecule has 9 nitrogen and oxygen atoms in total. The largest absolute Gasteiger partial charge is 0.370 e. The fourth-order valence-electron chi connectivity index (χ4n) is 4.70. The SMILES string of the molecule is NC(=O)c1ccc(N2CCCCC2)c(NC(=O)C2CCN(c3ccccc3[N+](=O)[O-])CC2)c1. The highest BCUT2D eigenvalue weighted by molar-refractivity contribution is 6.00. The van der Waals surface area contributed by atoms with Crippen molar-refractivity contribution in [1.29, 1.82) is 0 Å². The molecule has 33 heavy (non-hydrogen) atoms. The Labute approximate surface area is 192 Å². The molecule has 0 spiro atoms. The van der Waals surface area contributed by atoms with Crippen molar-refractivity contribution in [2.45, 2.75) is 32.1 Å². The zero-order chi connectivity index (χ0) is 23.4. The second-order valence-electron chi connectivity index (χ2n) is 8.64. The van der Waals surface area contributed by atoms with Crippen LogP contribution in [0, 0.1) is 16.0 Å². The van der Waals surface area contributed by atoms with E-state index in [1.165, 1.54) is 12.5 Å². The Morgan fingerprint density at radius 1 is 0.939 bits per heavy atom. The number of benzene rings is 2. The van der Waals surface area contributed by atoms with Crippen LogP contribution in [0.2, 0.25) is 0 Å². The molecule has 2 heterocycles. The van der Waals surface area contributed by atoms with E-state index in [1.807, 2.05) is 11.0 Å². The van der Waals surface area contributed by atoms with E-state index in [4.69, 9.17) is 5.73 Å². The molecule has 3 N–H and O–H groups in total. The molecule has 2 aromatic carbocycles. The average Bonchev–Trinajstić information content (AvgIpc) is 2.84. The first-order chi connectivity index (χ1) is 15.9. The molecule has 2 aliphatic rings. The van der Waals surface area contributed by atoms with Gasteiger partial charge >= 0.3 is 0 Å². The Morgan fingerprint density at radius 2 is 1.61 bits per heavy atom. The monoisotopic (exact) mass is 451 g/mol. The van der Waals surface area contributed by atoms with Crippen LogP contribution in [0.3, 0.4) is 0 Å². The van der Waals surface area contributed by atoms with Gasteiger partial charge in [-0.1, -0.05) is 12.1 Å². The van der Waals surface area contributed by atoms with Crippen molar-refractivity contribution in [1.82, 2.24) is 0 Å². The molecule has 2 aromatic rings. The number of anilines is 3. The summed E-state index contributed by atoms with van der Waals surface area (Å²) in [7, 11) is 0. The number of nitrogens with one attached hydrogen (secondary N) is 1. The molecule has 0 bridgehead atoms. The van der Waals surface area contributed by atoms with Gasteiger partial charge in [0.1, 0.15) is 5.69 Å². The minimum absolute atomic E-state index is 0.0786. The van der Waals surface area contributed by atoms with Crippen molar-refractivity contribution in [3.63, 3.8) is 0 Å². The molecular weight excluding hydrogens is 422 g/mol. The lowest BCUT2D eigenvalue weighted by molar-refractivity contribution is -0.384. The van der Waals surface area contributed by atoms with Crippen LogP contribution in [-0.4, -0.2) is 42.9 Å². The molecule has 9 heteroatoms. The van der Waals surface area contributed by atoms with Crippen molar-refractivity contribution in [2.24, 2.45) is 11.7 Å². The number of nitrogens with zero attached hydrogens (tertiary/aromatic N) is 3. The van der Waals surface area contributed by atoms with Gasteiger partial charge < -0.3 is 20.9 Å². The Balaban J connectivity index is 1.46. The zero-order valence-electron chi connectivity index (χ0n) is 18.5. The van der Waals surface area contributed by atoms with Crippen molar-refractivity contribution in [2.75, 3.05) is 41.3 Å². The van der Waals surface area contributed by atoms with Gasteiger partial charge in [0.15, 0.2) is 0 Å². The van der Waals surface area contributed by atoms with Crippen molar-refractivity contribution < 1.29 is 14.5 Å². The Kier molecular flexibility index (Phi) is 6.76. The van der Waals surface area contributed by atoms with Crippen LogP contribution in [0.5, 0.6) is 0 Å². The van der Waals surface area contributed by atoms with Gasteiger partial charge in [-0.25, -0.2) is 0 Å². The van der Waals surface area contributed by atoms with Crippen LogP contribution in [-0.2, 0) is 4.79 Å². The summed E-state index contributed by atoms with van der Waals surface area (Å²) in [6.07, 6.45) is 4.55. The molecule has 0 aromatic heterocycles. The first kappa shape index (κ1) is 22.6. The van der Waals surface area contributed by atoms with E-state index < -0.39 is 5.91 Å². The number of nitrogens with two attached hydrogens (primary N) is 1. The summed E-state index contributed by atoms with van der Waals surface area (Å²) in [5.41, 5.74) is 8.01. The summed E-state index contributed by atoms with van der Waals surface area (Å²) in [5.74, 6) is -0.846. The number of nitro benzene ring substituents is 1. The molecule has 0 atom stereocenters. The minimum Gasteiger partial charge on any atom is -0.370 e. The number of carbonyl (C=O) groups excluding carboxylic acids is 2. The van der Waals surface area contributed by atoms with Crippen LogP contribution in [0.15, 0.2) is 42.5 Å². The molecule has 2 amide bonds. The van der Waals surface area contributed by atoms with Gasteiger partial charge in [0.2, 0.25) is 11.8 Å². The second-order valence-corrected chi connectivity index (χ2v) is 8.64. The first-order valence-electron chi connectivity index (χ1n) is 11.4. The molecule has 0 aliphatic carbocycles. The number of amides is 2. The smallest absolute Gasteiger partial charge is 0.292 e. The summed E-state index contributed by atoms with van der Waals surface area (Å²) >= 11 is 0. The van der Waals surface area contributed by atoms with E-state index in [0.717, 1.165) is 31.6 Å². The maximum atomic E-state index is 13.1. The van der Waals surface area contributed by atoms with Gasteiger partial charge in [-0.3, -0.25) is 19.7 Å². The van der Waals surface area contributed by atoms with Crippen molar-refractivity contribution >= 4 is 34.6 Å². The average molecular weight is 452 g/mol. The van der Waals surface area contributed by atoms with Gasteiger partial charge in [0.25, 0.3) is 5.69 Å². The van der Waals surface area contributed by atoms with Gasteiger partial charge in [-0.15, -0.1) is 0 Å². The number of piperidine rings is 2. The number of hydrogen-bond donors (Lipinski definition) is 2. The number of rotatable bonds is 6. The molecule has 2 fully saturated rings. The molecule has 2 aliphatic heterocycles. The first-order valence-corrected chi connectivity index (χ1v) is 11.4. The van der Waals surface area contributed by atoms with E-state index in [9.17, 15) is 19.7 Å². The summed E-state index contributed by atoms with van der Waals surface area (Å²) in [6.45, 7) is 2.94. The second kappa shape index (κ2) is 9.89. The fraction of sp³-hybridized carbons (Fsp3) is 0.417. The summed E-state index contributed by atoms with van der Waals surface area (Å²) in [4.78, 5) is 40.0. The van der Waals surface area contributed by atoms with E-state index in [0.29, 0.717) is 42.9 Å². The lowest BCUT2D eigenvalue weighted by atomic mass is 9.95. The lowest BCUT2D eigenvalue weighted by Crippen LogP contribution is -2.38. The molecule has 174 valence electrons. The molecule has 0 unspecified atom stereocenters. The van der Waals surface area contributed by atoms with E-state index >= 15 is 0 Å². The highest BCUT2D eigenvalue weighted by atomic mass is 16.6. The molecule has 0 saturated carbocycles. The fourth-order valence-corrected chi connectivity index (χ4v) is 4.70. The third-order valence-electron chi connectivity index (χ3n) is 6.52. The quantitative estimate of drug-likeness (QED) is 0.512. The summed E-state index contributed by atoms with van der Waals surface area (Å²) in [6, 6.07) is 11.9. The number of nitro groups is 1. The van der Waals surface area contributed by atoms with E-state index in [-0.39, 0.29) is 22.4 Å². The zero-order valence-corrected chi connectivity index (χ0v) is 18.5. The van der Waals surface area contributed by atoms with E-state index in [1.54, 1.807) is 30.3 Å². The molecule has 2 saturated heterocycles.